The monoisotopic (exact) mass is 204 g/mol. The molecule has 2 N–H and O–H groups in total. The Morgan fingerprint density at radius 1 is 1.29 bits per heavy atom. The van der Waals surface area contributed by atoms with E-state index in [1.807, 2.05) is 13.8 Å². The first-order valence-electron chi connectivity index (χ1n) is 5.16. The van der Waals surface area contributed by atoms with E-state index >= 15 is 0 Å². The third-order valence-electron chi connectivity index (χ3n) is 1.93. The molecule has 2 unspecified atom stereocenters. The van der Waals surface area contributed by atoms with E-state index < -0.39 is 18.2 Å². The molecular formula is C10H20O4. The summed E-state index contributed by atoms with van der Waals surface area (Å²) in [5.41, 5.74) is 0. The van der Waals surface area contributed by atoms with Gasteiger partial charge in [0.05, 0.1) is 12.7 Å². The van der Waals surface area contributed by atoms with Gasteiger partial charge in [0, 0.05) is 0 Å². The first kappa shape index (κ1) is 13.4. The van der Waals surface area contributed by atoms with Crippen LogP contribution in [0.4, 0.5) is 0 Å². The number of aliphatic hydroxyl groups is 2. The van der Waals surface area contributed by atoms with Gasteiger partial charge in [-0.15, -0.1) is 0 Å². The van der Waals surface area contributed by atoms with Crippen molar-refractivity contribution in [1.82, 2.24) is 0 Å². The number of carbonyl (C=O) groups is 1. The molecular weight excluding hydrogens is 184 g/mol. The molecule has 0 spiro atoms. The van der Waals surface area contributed by atoms with Crippen molar-refractivity contribution in [1.29, 1.82) is 0 Å². The second kappa shape index (κ2) is 7.76. The predicted octanol–water partition coefficient (Wildman–Crippen LogP) is 0.852. The Kier molecular flexibility index (Phi) is 7.42. The van der Waals surface area contributed by atoms with Crippen LogP contribution in [0, 0.1) is 0 Å². The average molecular weight is 204 g/mol. The van der Waals surface area contributed by atoms with Crippen molar-refractivity contribution in [2.75, 3.05) is 6.61 Å². The van der Waals surface area contributed by atoms with Gasteiger partial charge in [0.15, 0.2) is 6.10 Å². The highest BCUT2D eigenvalue weighted by atomic mass is 16.5. The van der Waals surface area contributed by atoms with E-state index in [1.54, 1.807) is 0 Å². The molecule has 0 amide bonds. The fraction of sp³-hybridized carbons (Fsp3) is 0.900. The molecule has 0 aromatic carbocycles. The minimum absolute atomic E-state index is 0.311. The molecule has 0 aliphatic rings. The third kappa shape index (κ3) is 5.19. The van der Waals surface area contributed by atoms with Crippen LogP contribution in [-0.2, 0) is 9.53 Å². The number of aliphatic hydroxyl groups excluding tert-OH is 2. The Bertz CT molecular complexity index is 158. The minimum atomic E-state index is -1.40. The lowest BCUT2D eigenvalue weighted by Crippen LogP contribution is -2.35. The number of carbonyl (C=O) groups excluding carboxylic acids is 1. The van der Waals surface area contributed by atoms with Crippen LogP contribution < -0.4 is 0 Å². The van der Waals surface area contributed by atoms with E-state index in [4.69, 9.17) is 4.74 Å². The van der Waals surface area contributed by atoms with Gasteiger partial charge in [-0.1, -0.05) is 26.7 Å². The molecule has 4 nitrogen and oxygen atoms in total. The van der Waals surface area contributed by atoms with Crippen molar-refractivity contribution in [3.05, 3.63) is 0 Å². The zero-order valence-electron chi connectivity index (χ0n) is 8.90. The predicted molar refractivity (Wildman–Crippen MR) is 52.8 cm³/mol. The summed E-state index contributed by atoms with van der Waals surface area (Å²) in [6.45, 7) is 4.17. The van der Waals surface area contributed by atoms with E-state index in [1.165, 1.54) is 0 Å². The highest BCUT2D eigenvalue weighted by Crippen LogP contribution is 2.04. The number of ether oxygens (including phenoxy) is 1. The number of hydrogen-bond donors (Lipinski definition) is 2. The number of rotatable bonds is 7. The van der Waals surface area contributed by atoms with E-state index in [9.17, 15) is 15.0 Å². The summed E-state index contributed by atoms with van der Waals surface area (Å²) in [4.78, 5) is 11.1. The number of esters is 1. The summed E-state index contributed by atoms with van der Waals surface area (Å²) in [5, 5.41) is 18.6. The summed E-state index contributed by atoms with van der Waals surface area (Å²) < 4.78 is 4.76. The normalized spacial score (nSPS) is 14.9. The van der Waals surface area contributed by atoms with Crippen molar-refractivity contribution < 1.29 is 19.7 Å². The second-order valence-corrected chi connectivity index (χ2v) is 3.32. The van der Waals surface area contributed by atoms with Crippen LogP contribution in [-0.4, -0.2) is 35.0 Å². The molecule has 4 heteroatoms. The van der Waals surface area contributed by atoms with Gasteiger partial charge in [-0.25, -0.2) is 4.79 Å². The molecule has 0 rings (SSSR count). The average Bonchev–Trinajstić information content (AvgIpc) is 2.17. The van der Waals surface area contributed by atoms with Gasteiger partial charge in [0.2, 0.25) is 0 Å². The first-order chi connectivity index (χ1) is 6.63. The van der Waals surface area contributed by atoms with Crippen molar-refractivity contribution in [3.63, 3.8) is 0 Å². The van der Waals surface area contributed by atoms with Gasteiger partial charge >= 0.3 is 5.97 Å². The fourth-order valence-electron chi connectivity index (χ4n) is 1.01. The molecule has 0 radical (unpaired) electrons. The van der Waals surface area contributed by atoms with Crippen molar-refractivity contribution in [2.45, 2.75) is 51.7 Å². The molecule has 2 atom stereocenters. The summed E-state index contributed by atoms with van der Waals surface area (Å²) in [6.07, 6.45) is 0.439. The van der Waals surface area contributed by atoms with Gasteiger partial charge in [0.25, 0.3) is 0 Å². The molecule has 0 aliphatic heterocycles. The lowest BCUT2D eigenvalue weighted by atomic mass is 10.1. The summed E-state index contributed by atoms with van der Waals surface area (Å²) in [6, 6.07) is 0. The van der Waals surface area contributed by atoms with Gasteiger partial charge in [0.1, 0.15) is 0 Å². The molecule has 0 saturated carbocycles. The molecule has 0 aromatic heterocycles. The van der Waals surface area contributed by atoms with Gasteiger partial charge in [-0.2, -0.15) is 0 Å². The highest BCUT2D eigenvalue weighted by Gasteiger charge is 2.24. The molecule has 14 heavy (non-hydrogen) atoms. The summed E-state index contributed by atoms with van der Waals surface area (Å²) in [5.74, 6) is -0.723. The maximum Gasteiger partial charge on any atom is 0.337 e. The Balaban J connectivity index is 3.74. The Morgan fingerprint density at radius 2 is 1.93 bits per heavy atom. The standard InChI is InChI=1S/C10H20O4/c1-3-5-7-14-10(13)9(12)8(11)6-4-2/h8-9,11-12H,3-7H2,1-2H3. The topological polar surface area (TPSA) is 66.8 Å². The van der Waals surface area contributed by atoms with E-state index in [0.717, 1.165) is 19.3 Å². The van der Waals surface area contributed by atoms with Gasteiger partial charge in [-0.05, 0) is 12.8 Å². The maximum atomic E-state index is 11.1. The Morgan fingerprint density at radius 3 is 2.43 bits per heavy atom. The zero-order valence-corrected chi connectivity index (χ0v) is 8.90. The first-order valence-corrected chi connectivity index (χ1v) is 5.16. The Labute approximate surface area is 84.9 Å². The molecule has 0 aromatic rings. The van der Waals surface area contributed by atoms with E-state index in [-0.39, 0.29) is 0 Å². The van der Waals surface area contributed by atoms with E-state index in [0.29, 0.717) is 13.0 Å². The van der Waals surface area contributed by atoms with Crippen LogP contribution in [0.25, 0.3) is 0 Å². The summed E-state index contributed by atoms with van der Waals surface area (Å²) in [7, 11) is 0. The van der Waals surface area contributed by atoms with Crippen LogP contribution in [0.2, 0.25) is 0 Å². The van der Waals surface area contributed by atoms with Crippen molar-refractivity contribution in [2.24, 2.45) is 0 Å². The van der Waals surface area contributed by atoms with Crippen LogP contribution >= 0.6 is 0 Å². The lowest BCUT2D eigenvalue weighted by Gasteiger charge is -2.15. The highest BCUT2D eigenvalue weighted by molar-refractivity contribution is 5.75. The molecule has 0 heterocycles. The Hall–Kier alpha value is -0.610. The van der Waals surface area contributed by atoms with Crippen LogP contribution in [0.1, 0.15) is 39.5 Å². The van der Waals surface area contributed by atoms with Gasteiger partial charge in [-0.3, -0.25) is 0 Å². The molecule has 0 saturated heterocycles. The van der Waals surface area contributed by atoms with Crippen LogP contribution in [0.15, 0.2) is 0 Å². The lowest BCUT2D eigenvalue weighted by molar-refractivity contribution is -0.160. The molecule has 84 valence electrons. The van der Waals surface area contributed by atoms with Crippen molar-refractivity contribution in [3.8, 4) is 0 Å². The second-order valence-electron chi connectivity index (χ2n) is 3.32. The summed E-state index contributed by atoms with van der Waals surface area (Å²) >= 11 is 0. The number of unbranched alkanes of at least 4 members (excludes halogenated alkanes) is 1. The SMILES string of the molecule is CCCCOC(=O)C(O)C(O)CCC. The zero-order chi connectivity index (χ0) is 11.0. The number of hydrogen-bond acceptors (Lipinski definition) is 4. The fourth-order valence-corrected chi connectivity index (χ4v) is 1.01. The largest absolute Gasteiger partial charge is 0.464 e. The van der Waals surface area contributed by atoms with E-state index in [2.05, 4.69) is 0 Å². The maximum absolute atomic E-state index is 11.1. The third-order valence-corrected chi connectivity index (χ3v) is 1.93. The van der Waals surface area contributed by atoms with Crippen molar-refractivity contribution >= 4 is 5.97 Å². The molecule has 0 aliphatic carbocycles. The van der Waals surface area contributed by atoms with Crippen LogP contribution in [0.5, 0.6) is 0 Å². The quantitative estimate of drug-likeness (QED) is 0.476. The molecule has 0 bridgehead atoms. The van der Waals surface area contributed by atoms with Crippen LogP contribution in [0.3, 0.4) is 0 Å². The molecule has 0 fully saturated rings. The van der Waals surface area contributed by atoms with Gasteiger partial charge < -0.3 is 14.9 Å². The smallest absolute Gasteiger partial charge is 0.337 e. The minimum Gasteiger partial charge on any atom is -0.464 e.